The predicted octanol–water partition coefficient (Wildman–Crippen LogP) is 7.19. The van der Waals surface area contributed by atoms with Crippen LogP contribution in [0.1, 0.15) is 44.6 Å². The number of benzene rings is 4. The summed E-state index contributed by atoms with van der Waals surface area (Å²) in [5.74, 6) is 0.403. The zero-order valence-electron chi connectivity index (χ0n) is 25.7. The lowest BCUT2D eigenvalue weighted by Crippen LogP contribution is -2.53. The highest BCUT2D eigenvalue weighted by Crippen LogP contribution is 2.29. The van der Waals surface area contributed by atoms with Crippen molar-refractivity contribution in [2.24, 2.45) is 0 Å². The lowest BCUT2D eigenvalue weighted by Gasteiger charge is -2.33. The van der Waals surface area contributed by atoms with Crippen molar-refractivity contribution in [1.82, 2.24) is 10.2 Å². The molecule has 0 heterocycles. The number of anilines is 1. The minimum atomic E-state index is -4.18. The third-order valence-corrected chi connectivity index (χ3v) is 10.1. The summed E-state index contributed by atoms with van der Waals surface area (Å²) < 4.78 is 35.2. The number of halogens is 1. The lowest BCUT2D eigenvalue weighted by atomic mass is 10.1. The molecule has 1 aliphatic rings. The van der Waals surface area contributed by atoms with Crippen LogP contribution in [-0.2, 0) is 26.2 Å². The lowest BCUT2D eigenvalue weighted by molar-refractivity contribution is -0.140. The normalized spacial score (nSPS) is 14.0. The molecule has 46 heavy (non-hydrogen) atoms. The molecule has 1 saturated carbocycles. The van der Waals surface area contributed by atoms with Crippen molar-refractivity contribution in [3.05, 3.63) is 120 Å². The van der Waals surface area contributed by atoms with Gasteiger partial charge in [0.05, 0.1) is 10.6 Å². The smallest absolute Gasteiger partial charge is 0.264 e. The molecule has 4 aromatic rings. The largest absolute Gasteiger partial charge is 0.457 e. The molecule has 0 aliphatic heterocycles. The van der Waals surface area contributed by atoms with Crippen LogP contribution < -0.4 is 14.4 Å². The Morgan fingerprint density at radius 3 is 2.04 bits per heavy atom. The fourth-order valence-electron chi connectivity index (χ4n) is 5.63. The summed E-state index contributed by atoms with van der Waals surface area (Å²) in [6.45, 7) is 1.44. The highest BCUT2D eigenvalue weighted by molar-refractivity contribution is 7.92. The van der Waals surface area contributed by atoms with Gasteiger partial charge in [0.1, 0.15) is 24.1 Å². The number of nitrogens with one attached hydrogen (secondary N) is 1. The molecule has 4 aromatic carbocycles. The third-order valence-electron chi connectivity index (χ3n) is 8.07. The molecule has 0 bridgehead atoms. The molecule has 5 rings (SSSR count). The van der Waals surface area contributed by atoms with E-state index in [0.717, 1.165) is 35.6 Å². The van der Waals surface area contributed by atoms with Gasteiger partial charge in [-0.05, 0) is 85.5 Å². The number of carbonyl (C=O) groups excluding carboxylic acids is 2. The van der Waals surface area contributed by atoms with Crippen LogP contribution in [0, 0.1) is 0 Å². The van der Waals surface area contributed by atoms with Gasteiger partial charge in [-0.2, -0.15) is 0 Å². The first-order valence-electron chi connectivity index (χ1n) is 15.5. The average molecular weight is 660 g/mol. The summed E-state index contributed by atoms with van der Waals surface area (Å²) in [4.78, 5) is 29.4. The molecule has 1 aliphatic carbocycles. The van der Waals surface area contributed by atoms with Gasteiger partial charge in [-0.1, -0.05) is 79.9 Å². The van der Waals surface area contributed by atoms with Crippen molar-refractivity contribution in [3.8, 4) is 11.5 Å². The van der Waals surface area contributed by atoms with Crippen LogP contribution in [0.25, 0.3) is 0 Å². The van der Waals surface area contributed by atoms with Crippen molar-refractivity contribution in [3.63, 3.8) is 0 Å². The highest BCUT2D eigenvalue weighted by Gasteiger charge is 2.34. The van der Waals surface area contributed by atoms with Gasteiger partial charge in [0.2, 0.25) is 11.8 Å². The van der Waals surface area contributed by atoms with Crippen LogP contribution in [-0.4, -0.2) is 43.8 Å². The maximum atomic E-state index is 14.3. The van der Waals surface area contributed by atoms with Crippen molar-refractivity contribution >= 4 is 39.1 Å². The van der Waals surface area contributed by atoms with Gasteiger partial charge in [-0.15, -0.1) is 0 Å². The Bertz CT molecular complexity index is 1700. The Labute approximate surface area is 276 Å². The van der Waals surface area contributed by atoms with Gasteiger partial charge in [-0.25, -0.2) is 8.42 Å². The van der Waals surface area contributed by atoms with E-state index >= 15 is 0 Å². The van der Waals surface area contributed by atoms with Crippen LogP contribution in [0.15, 0.2) is 114 Å². The van der Waals surface area contributed by atoms with E-state index in [1.165, 1.54) is 17.0 Å². The SMILES string of the molecule is CC[C@H](C(=O)NC1CCCC1)N(Cc1ccc(Cl)cc1)C(=O)CN(c1ccc(Oc2ccccc2)cc1)S(=O)(=O)c1ccccc1. The summed E-state index contributed by atoms with van der Waals surface area (Å²) in [6.07, 6.45) is 4.27. The molecule has 0 unspecified atom stereocenters. The number of hydrogen-bond acceptors (Lipinski definition) is 5. The fourth-order valence-corrected chi connectivity index (χ4v) is 7.19. The van der Waals surface area contributed by atoms with E-state index < -0.39 is 28.5 Å². The summed E-state index contributed by atoms with van der Waals surface area (Å²) in [5, 5.41) is 3.68. The first-order valence-corrected chi connectivity index (χ1v) is 17.3. The Balaban J connectivity index is 1.47. The minimum Gasteiger partial charge on any atom is -0.457 e. The number of hydrogen-bond donors (Lipinski definition) is 1. The molecule has 10 heteroatoms. The number of rotatable bonds is 13. The van der Waals surface area contributed by atoms with Crippen molar-refractivity contribution in [2.75, 3.05) is 10.8 Å². The summed E-state index contributed by atoms with van der Waals surface area (Å²) in [7, 11) is -4.18. The third kappa shape index (κ3) is 8.27. The predicted molar refractivity (Wildman–Crippen MR) is 180 cm³/mol. The van der Waals surface area contributed by atoms with Crippen LogP contribution in [0.5, 0.6) is 11.5 Å². The highest BCUT2D eigenvalue weighted by atomic mass is 35.5. The van der Waals surface area contributed by atoms with Gasteiger partial charge in [0.15, 0.2) is 0 Å². The summed E-state index contributed by atoms with van der Waals surface area (Å²) in [6, 6.07) is 30.1. The number of nitrogens with zero attached hydrogens (tertiary/aromatic N) is 2. The maximum Gasteiger partial charge on any atom is 0.264 e. The summed E-state index contributed by atoms with van der Waals surface area (Å²) in [5.41, 5.74) is 1.05. The first-order chi connectivity index (χ1) is 22.2. The molecule has 0 spiro atoms. The Kier molecular flexibility index (Phi) is 11.0. The van der Waals surface area contributed by atoms with Crippen molar-refractivity contribution in [1.29, 1.82) is 0 Å². The summed E-state index contributed by atoms with van der Waals surface area (Å²) >= 11 is 6.12. The average Bonchev–Trinajstić information content (AvgIpc) is 3.58. The molecule has 1 fully saturated rings. The maximum absolute atomic E-state index is 14.3. The quantitative estimate of drug-likeness (QED) is 0.164. The molecule has 0 radical (unpaired) electrons. The van der Waals surface area contributed by atoms with Gasteiger partial charge in [0, 0.05) is 17.6 Å². The van der Waals surface area contributed by atoms with Gasteiger partial charge in [-0.3, -0.25) is 13.9 Å². The Hall–Kier alpha value is -4.34. The number of para-hydroxylation sites is 1. The zero-order chi connectivity index (χ0) is 32.5. The van der Waals surface area contributed by atoms with E-state index in [-0.39, 0.29) is 29.1 Å². The topological polar surface area (TPSA) is 96.0 Å². The van der Waals surface area contributed by atoms with Crippen LogP contribution in [0.3, 0.4) is 0 Å². The molecule has 8 nitrogen and oxygen atoms in total. The fraction of sp³-hybridized carbons (Fsp3) is 0.278. The number of ether oxygens (including phenoxy) is 1. The molecular formula is C36H38ClN3O5S. The Morgan fingerprint density at radius 1 is 0.848 bits per heavy atom. The zero-order valence-corrected chi connectivity index (χ0v) is 27.3. The van der Waals surface area contributed by atoms with Crippen molar-refractivity contribution < 1.29 is 22.7 Å². The van der Waals surface area contributed by atoms with Crippen LogP contribution >= 0.6 is 11.6 Å². The molecule has 1 N–H and O–H groups in total. The van der Waals surface area contributed by atoms with Gasteiger partial charge < -0.3 is 15.0 Å². The minimum absolute atomic E-state index is 0.0441. The number of amides is 2. The van der Waals surface area contributed by atoms with Gasteiger partial charge in [0.25, 0.3) is 10.0 Å². The standard InChI is InChI=1S/C36H38ClN3O5S/c1-2-34(36(42)38-29-11-9-10-12-29)39(25-27-17-19-28(37)20-18-27)35(41)26-40(46(43,44)33-15-7-4-8-16-33)30-21-23-32(24-22-30)45-31-13-5-3-6-14-31/h3-8,13-24,29,34H,2,9-12,25-26H2,1H3,(H,38,42)/t34-/m1/s1. The first kappa shape index (κ1) is 33.0. The monoisotopic (exact) mass is 659 g/mol. The second kappa shape index (κ2) is 15.3. The second-order valence-corrected chi connectivity index (χ2v) is 13.6. The van der Waals surface area contributed by atoms with E-state index in [0.29, 0.717) is 22.9 Å². The van der Waals surface area contributed by atoms with Crippen LogP contribution in [0.2, 0.25) is 5.02 Å². The number of carbonyl (C=O) groups is 2. The molecule has 0 aromatic heterocycles. The number of sulfonamides is 1. The molecule has 0 saturated heterocycles. The molecule has 1 atom stereocenters. The van der Waals surface area contributed by atoms with E-state index in [9.17, 15) is 18.0 Å². The Morgan fingerprint density at radius 2 is 1.43 bits per heavy atom. The molecule has 2 amide bonds. The van der Waals surface area contributed by atoms with Crippen molar-refractivity contribution in [2.45, 2.75) is 62.6 Å². The van der Waals surface area contributed by atoms with E-state index in [1.54, 1.807) is 66.7 Å². The second-order valence-electron chi connectivity index (χ2n) is 11.3. The van der Waals surface area contributed by atoms with E-state index in [4.69, 9.17) is 16.3 Å². The van der Waals surface area contributed by atoms with Crippen LogP contribution in [0.4, 0.5) is 5.69 Å². The molecule has 240 valence electrons. The van der Waals surface area contributed by atoms with E-state index in [2.05, 4.69) is 5.32 Å². The molecular weight excluding hydrogens is 622 g/mol. The van der Waals surface area contributed by atoms with Gasteiger partial charge >= 0.3 is 0 Å². The van der Waals surface area contributed by atoms with E-state index in [1.807, 2.05) is 37.3 Å².